The maximum Gasteiger partial charge on any atom is 0.272 e. The number of nitrogens with zero attached hydrogens (tertiary/aromatic N) is 3. The highest BCUT2D eigenvalue weighted by atomic mass is 16.2. The molecule has 0 fully saturated rings. The third kappa shape index (κ3) is 4.09. The number of carbonyl (C=O) groups excluding carboxylic acids is 2. The minimum absolute atomic E-state index is 0.367. The van der Waals surface area contributed by atoms with Gasteiger partial charge in [0.1, 0.15) is 0 Å². The van der Waals surface area contributed by atoms with E-state index in [2.05, 4.69) is 34.7 Å². The van der Waals surface area contributed by atoms with Gasteiger partial charge >= 0.3 is 0 Å². The zero-order valence-corrected chi connectivity index (χ0v) is 13.5. The molecule has 7 nitrogen and oxygen atoms in total. The Bertz CT molecular complexity index is 674. The molecule has 0 radical (unpaired) electrons. The second-order valence-electron chi connectivity index (χ2n) is 5.03. The Morgan fingerprint density at radius 3 is 2.09 bits per heavy atom. The van der Waals surface area contributed by atoms with E-state index in [-0.39, 0.29) is 5.91 Å². The summed E-state index contributed by atoms with van der Waals surface area (Å²) in [6.07, 6.45) is 3.00. The molecule has 2 aromatic rings. The number of aromatic nitrogens is 2. The van der Waals surface area contributed by atoms with E-state index >= 15 is 0 Å². The van der Waals surface area contributed by atoms with Crippen LogP contribution in [0.1, 0.15) is 34.6 Å². The fourth-order valence-electron chi connectivity index (χ4n) is 2.21. The third-order valence-corrected chi connectivity index (χ3v) is 3.51. The first kappa shape index (κ1) is 16.5. The van der Waals surface area contributed by atoms with Crippen LogP contribution in [-0.2, 0) is 7.05 Å². The fourth-order valence-corrected chi connectivity index (χ4v) is 2.21. The summed E-state index contributed by atoms with van der Waals surface area (Å²) < 4.78 is 1.52. The van der Waals surface area contributed by atoms with Crippen molar-refractivity contribution in [1.29, 1.82) is 0 Å². The van der Waals surface area contributed by atoms with Crippen LogP contribution in [0.5, 0.6) is 0 Å². The Hall–Kier alpha value is -2.83. The second kappa shape index (κ2) is 7.44. The molecule has 2 amide bonds. The van der Waals surface area contributed by atoms with E-state index in [1.807, 2.05) is 12.1 Å². The number of rotatable bonds is 5. The van der Waals surface area contributed by atoms with Crippen LogP contribution in [0.4, 0.5) is 5.69 Å². The summed E-state index contributed by atoms with van der Waals surface area (Å²) >= 11 is 0. The van der Waals surface area contributed by atoms with Crippen LogP contribution >= 0.6 is 0 Å². The molecule has 0 spiro atoms. The quantitative estimate of drug-likeness (QED) is 0.816. The van der Waals surface area contributed by atoms with E-state index in [0.717, 1.165) is 18.8 Å². The monoisotopic (exact) mass is 315 g/mol. The van der Waals surface area contributed by atoms with Crippen LogP contribution in [0.25, 0.3) is 0 Å². The molecule has 0 saturated carbocycles. The van der Waals surface area contributed by atoms with Crippen molar-refractivity contribution in [3.8, 4) is 0 Å². The first-order valence-electron chi connectivity index (χ1n) is 7.49. The van der Waals surface area contributed by atoms with Gasteiger partial charge in [0.05, 0.1) is 11.8 Å². The van der Waals surface area contributed by atoms with E-state index in [9.17, 15) is 9.59 Å². The number of hydrogen-bond donors (Lipinski definition) is 2. The molecule has 7 heteroatoms. The summed E-state index contributed by atoms with van der Waals surface area (Å²) in [4.78, 5) is 26.1. The second-order valence-corrected chi connectivity index (χ2v) is 5.03. The lowest BCUT2D eigenvalue weighted by atomic mass is 10.2. The topological polar surface area (TPSA) is 79.3 Å². The van der Waals surface area contributed by atoms with Crippen molar-refractivity contribution < 1.29 is 9.59 Å². The highest BCUT2D eigenvalue weighted by Gasteiger charge is 2.11. The van der Waals surface area contributed by atoms with Crippen LogP contribution < -0.4 is 15.8 Å². The Balaban J connectivity index is 1.94. The maximum atomic E-state index is 12.0. The molecule has 0 unspecified atom stereocenters. The van der Waals surface area contributed by atoms with E-state index in [1.54, 1.807) is 25.4 Å². The van der Waals surface area contributed by atoms with E-state index < -0.39 is 5.91 Å². The van der Waals surface area contributed by atoms with Gasteiger partial charge in [-0.15, -0.1) is 0 Å². The highest BCUT2D eigenvalue weighted by molar-refractivity contribution is 5.98. The molecule has 122 valence electrons. The van der Waals surface area contributed by atoms with Crippen LogP contribution in [-0.4, -0.2) is 34.7 Å². The number of anilines is 1. The smallest absolute Gasteiger partial charge is 0.272 e. The zero-order chi connectivity index (χ0) is 16.8. The van der Waals surface area contributed by atoms with Gasteiger partial charge in [-0.05, 0) is 38.1 Å². The molecule has 0 bridgehead atoms. The van der Waals surface area contributed by atoms with Crippen molar-refractivity contribution in [2.75, 3.05) is 18.0 Å². The average molecular weight is 315 g/mol. The number of carbonyl (C=O) groups is 2. The first-order valence-corrected chi connectivity index (χ1v) is 7.49. The summed E-state index contributed by atoms with van der Waals surface area (Å²) in [6.45, 7) is 5.97. The Kier molecular flexibility index (Phi) is 5.35. The van der Waals surface area contributed by atoms with Gasteiger partial charge in [0.25, 0.3) is 11.8 Å². The molecule has 0 aliphatic carbocycles. The molecule has 1 aromatic carbocycles. The van der Waals surface area contributed by atoms with Crippen molar-refractivity contribution in [2.24, 2.45) is 7.05 Å². The summed E-state index contributed by atoms with van der Waals surface area (Å²) in [5.41, 5.74) is 6.68. The molecule has 0 saturated heterocycles. The summed E-state index contributed by atoms with van der Waals surface area (Å²) in [5, 5.41) is 3.90. The molecule has 1 aromatic heterocycles. The average Bonchev–Trinajstić information content (AvgIpc) is 3.00. The summed E-state index contributed by atoms with van der Waals surface area (Å²) in [6, 6.07) is 7.26. The predicted molar refractivity (Wildman–Crippen MR) is 88.1 cm³/mol. The van der Waals surface area contributed by atoms with Crippen LogP contribution in [0.2, 0.25) is 0 Å². The van der Waals surface area contributed by atoms with Gasteiger partial charge in [-0.3, -0.25) is 25.1 Å². The lowest BCUT2D eigenvalue weighted by Gasteiger charge is -2.21. The number of benzene rings is 1. The molecule has 2 rings (SSSR count). The third-order valence-electron chi connectivity index (χ3n) is 3.51. The number of hydrogen-bond acceptors (Lipinski definition) is 4. The van der Waals surface area contributed by atoms with Crippen molar-refractivity contribution in [1.82, 2.24) is 20.6 Å². The SMILES string of the molecule is CCN(CC)c1ccc(C(=O)NNC(=O)c2cnn(C)c2)cc1. The van der Waals surface area contributed by atoms with Gasteiger partial charge < -0.3 is 4.90 Å². The molecule has 2 N–H and O–H groups in total. The molecule has 0 aliphatic heterocycles. The number of hydrazine groups is 1. The molecule has 1 heterocycles. The van der Waals surface area contributed by atoms with Crippen LogP contribution in [0.3, 0.4) is 0 Å². The standard InChI is InChI=1S/C16H21N5O2/c1-4-21(5-2)14-8-6-12(7-9-14)15(22)18-19-16(23)13-10-17-20(3)11-13/h6-11H,4-5H2,1-3H3,(H,18,22)(H,19,23). The Labute approximate surface area is 135 Å². The van der Waals surface area contributed by atoms with Gasteiger partial charge in [-0.2, -0.15) is 5.10 Å². The number of aryl methyl sites for hydroxylation is 1. The fraction of sp³-hybridized carbons (Fsp3) is 0.312. The number of nitrogens with one attached hydrogen (secondary N) is 2. The van der Waals surface area contributed by atoms with Crippen LogP contribution in [0.15, 0.2) is 36.7 Å². The lowest BCUT2D eigenvalue weighted by molar-refractivity contribution is 0.0846. The first-order chi connectivity index (χ1) is 11.0. The minimum Gasteiger partial charge on any atom is -0.372 e. The van der Waals surface area contributed by atoms with Gasteiger partial charge in [0, 0.05) is 37.6 Å². The lowest BCUT2D eigenvalue weighted by Crippen LogP contribution is -2.41. The summed E-state index contributed by atoms with van der Waals surface area (Å²) in [5.74, 6) is -0.778. The highest BCUT2D eigenvalue weighted by Crippen LogP contribution is 2.14. The van der Waals surface area contributed by atoms with E-state index in [0.29, 0.717) is 11.1 Å². The van der Waals surface area contributed by atoms with E-state index in [1.165, 1.54) is 10.9 Å². The van der Waals surface area contributed by atoms with Gasteiger partial charge in [0.2, 0.25) is 0 Å². The van der Waals surface area contributed by atoms with Gasteiger partial charge in [-0.1, -0.05) is 0 Å². The zero-order valence-electron chi connectivity index (χ0n) is 13.5. The summed E-state index contributed by atoms with van der Waals surface area (Å²) in [7, 11) is 1.72. The van der Waals surface area contributed by atoms with Crippen molar-refractivity contribution in [3.05, 3.63) is 47.8 Å². The van der Waals surface area contributed by atoms with Crippen molar-refractivity contribution >= 4 is 17.5 Å². The number of amides is 2. The molecular formula is C16H21N5O2. The molecule has 23 heavy (non-hydrogen) atoms. The predicted octanol–water partition coefficient (Wildman–Crippen LogP) is 1.34. The normalized spacial score (nSPS) is 10.2. The van der Waals surface area contributed by atoms with Gasteiger partial charge in [0.15, 0.2) is 0 Å². The molecule has 0 atom stereocenters. The van der Waals surface area contributed by atoms with E-state index in [4.69, 9.17) is 0 Å². The Morgan fingerprint density at radius 1 is 1.04 bits per heavy atom. The minimum atomic E-state index is -0.411. The van der Waals surface area contributed by atoms with Crippen LogP contribution in [0, 0.1) is 0 Å². The van der Waals surface area contributed by atoms with Gasteiger partial charge in [-0.25, -0.2) is 0 Å². The van der Waals surface area contributed by atoms with Crippen molar-refractivity contribution in [2.45, 2.75) is 13.8 Å². The molecular weight excluding hydrogens is 294 g/mol. The Morgan fingerprint density at radius 2 is 1.61 bits per heavy atom. The van der Waals surface area contributed by atoms with Crippen molar-refractivity contribution in [3.63, 3.8) is 0 Å². The molecule has 0 aliphatic rings. The largest absolute Gasteiger partial charge is 0.372 e. The maximum absolute atomic E-state index is 12.0.